The standard InChI is InChI=1S/C18H24N2O4S2/c1-19(12-16(21)22)10-15-11-20(6-7-24-15)17(23)13-2-4-14(5-3-13)18-25-8-9-26-18/h2-5,15,18H,6-12H2,1H3,(H,21,22). The smallest absolute Gasteiger partial charge is 0.317 e. The molecule has 1 unspecified atom stereocenters. The maximum atomic E-state index is 12.8. The van der Waals surface area contributed by atoms with Crippen molar-refractivity contribution in [2.45, 2.75) is 10.7 Å². The fourth-order valence-corrected chi connectivity index (χ4v) is 6.03. The van der Waals surface area contributed by atoms with Gasteiger partial charge in [-0.05, 0) is 24.7 Å². The van der Waals surface area contributed by atoms with E-state index < -0.39 is 5.97 Å². The summed E-state index contributed by atoms with van der Waals surface area (Å²) in [6, 6.07) is 7.94. The Balaban J connectivity index is 1.57. The van der Waals surface area contributed by atoms with Gasteiger partial charge in [0.2, 0.25) is 0 Å². The number of amides is 1. The maximum absolute atomic E-state index is 12.8. The van der Waals surface area contributed by atoms with Crippen LogP contribution in [0.2, 0.25) is 0 Å². The molecule has 3 rings (SSSR count). The highest BCUT2D eigenvalue weighted by molar-refractivity contribution is 8.19. The van der Waals surface area contributed by atoms with E-state index in [-0.39, 0.29) is 18.6 Å². The molecule has 0 saturated carbocycles. The van der Waals surface area contributed by atoms with Gasteiger partial charge < -0.3 is 14.7 Å². The lowest BCUT2D eigenvalue weighted by atomic mass is 10.1. The van der Waals surface area contributed by atoms with Gasteiger partial charge in [-0.25, -0.2) is 0 Å². The van der Waals surface area contributed by atoms with Crippen molar-refractivity contribution in [3.05, 3.63) is 35.4 Å². The molecule has 6 nitrogen and oxygen atoms in total. The highest BCUT2D eigenvalue weighted by Gasteiger charge is 2.26. The van der Waals surface area contributed by atoms with E-state index in [0.717, 1.165) is 0 Å². The van der Waals surface area contributed by atoms with Gasteiger partial charge in [-0.15, -0.1) is 23.5 Å². The van der Waals surface area contributed by atoms with Gasteiger partial charge in [-0.1, -0.05) is 12.1 Å². The monoisotopic (exact) mass is 396 g/mol. The molecule has 1 aromatic carbocycles. The number of carbonyl (C=O) groups is 2. The summed E-state index contributed by atoms with van der Waals surface area (Å²) in [6.45, 7) is 1.98. The van der Waals surface area contributed by atoms with E-state index in [1.807, 2.05) is 35.7 Å². The number of likely N-dealkylation sites (N-methyl/N-ethyl adjacent to an activating group) is 1. The number of carboxylic acid groups (broad SMARTS) is 1. The lowest BCUT2D eigenvalue weighted by Crippen LogP contribution is -2.49. The van der Waals surface area contributed by atoms with Crippen LogP contribution in [0.1, 0.15) is 20.5 Å². The molecule has 2 heterocycles. The fraction of sp³-hybridized carbons (Fsp3) is 0.556. The molecule has 0 radical (unpaired) electrons. The van der Waals surface area contributed by atoms with E-state index in [1.54, 1.807) is 16.8 Å². The van der Waals surface area contributed by atoms with Crippen molar-refractivity contribution in [1.29, 1.82) is 0 Å². The zero-order valence-electron chi connectivity index (χ0n) is 14.8. The highest BCUT2D eigenvalue weighted by Crippen LogP contribution is 2.45. The van der Waals surface area contributed by atoms with Crippen LogP contribution in [0.3, 0.4) is 0 Å². The minimum absolute atomic E-state index is 0.0115. The molecule has 1 N–H and O–H groups in total. The van der Waals surface area contributed by atoms with Crippen molar-refractivity contribution in [2.75, 3.05) is 51.3 Å². The maximum Gasteiger partial charge on any atom is 0.317 e. The number of nitrogens with zero attached hydrogens (tertiary/aromatic N) is 2. The third kappa shape index (κ3) is 5.16. The van der Waals surface area contributed by atoms with Gasteiger partial charge in [-0.3, -0.25) is 14.5 Å². The number of aliphatic carboxylic acids is 1. The number of carboxylic acids is 1. The summed E-state index contributed by atoms with van der Waals surface area (Å²) in [7, 11) is 1.75. The molecule has 2 fully saturated rings. The number of morpholine rings is 1. The first kappa shape index (κ1) is 19.5. The third-order valence-corrected chi connectivity index (χ3v) is 7.50. The topological polar surface area (TPSA) is 70.1 Å². The van der Waals surface area contributed by atoms with Crippen LogP contribution in [-0.4, -0.2) is 84.2 Å². The van der Waals surface area contributed by atoms with E-state index in [9.17, 15) is 9.59 Å². The minimum Gasteiger partial charge on any atom is -0.480 e. The Labute approximate surface area is 162 Å². The quantitative estimate of drug-likeness (QED) is 0.789. The molecule has 2 saturated heterocycles. The molecule has 0 aromatic heterocycles. The van der Waals surface area contributed by atoms with Gasteiger partial charge in [0.05, 0.1) is 23.8 Å². The van der Waals surface area contributed by atoms with Gasteiger partial charge >= 0.3 is 5.97 Å². The summed E-state index contributed by atoms with van der Waals surface area (Å²) in [5, 5.41) is 8.85. The summed E-state index contributed by atoms with van der Waals surface area (Å²) in [5.41, 5.74) is 1.96. The first-order valence-corrected chi connectivity index (χ1v) is 10.8. The van der Waals surface area contributed by atoms with E-state index in [2.05, 4.69) is 12.1 Å². The summed E-state index contributed by atoms with van der Waals surface area (Å²) >= 11 is 3.90. The fourth-order valence-electron chi connectivity index (χ4n) is 3.17. The molecule has 142 valence electrons. The second-order valence-corrected chi connectivity index (χ2v) is 9.25. The number of hydrogen-bond acceptors (Lipinski definition) is 6. The molecule has 0 spiro atoms. The highest BCUT2D eigenvalue weighted by atomic mass is 32.2. The lowest BCUT2D eigenvalue weighted by Gasteiger charge is -2.34. The Hall–Kier alpha value is -1.22. The molecule has 26 heavy (non-hydrogen) atoms. The predicted molar refractivity (Wildman–Crippen MR) is 105 cm³/mol. The Morgan fingerprint density at radius 3 is 2.62 bits per heavy atom. The predicted octanol–water partition coefficient (Wildman–Crippen LogP) is 2.02. The number of carbonyl (C=O) groups excluding carboxylic acids is 1. The van der Waals surface area contributed by atoms with Crippen LogP contribution in [0.5, 0.6) is 0 Å². The molecule has 1 atom stereocenters. The number of hydrogen-bond donors (Lipinski definition) is 1. The lowest BCUT2D eigenvalue weighted by molar-refractivity contribution is -0.138. The molecule has 8 heteroatoms. The number of thioether (sulfide) groups is 2. The van der Waals surface area contributed by atoms with Crippen molar-refractivity contribution in [3.8, 4) is 0 Å². The molecular formula is C18H24N2O4S2. The van der Waals surface area contributed by atoms with Gasteiger partial charge in [0, 0.05) is 36.7 Å². The third-order valence-electron chi connectivity index (χ3n) is 4.40. The minimum atomic E-state index is -0.866. The average Bonchev–Trinajstić information content (AvgIpc) is 3.15. The molecular weight excluding hydrogens is 372 g/mol. The van der Waals surface area contributed by atoms with Crippen molar-refractivity contribution in [1.82, 2.24) is 9.80 Å². The van der Waals surface area contributed by atoms with Crippen LogP contribution in [0.4, 0.5) is 0 Å². The van der Waals surface area contributed by atoms with E-state index in [1.165, 1.54) is 17.1 Å². The van der Waals surface area contributed by atoms with Gasteiger partial charge in [0.1, 0.15) is 0 Å². The van der Waals surface area contributed by atoms with Crippen LogP contribution in [0, 0.1) is 0 Å². The second kappa shape index (κ2) is 9.12. The second-order valence-electron chi connectivity index (χ2n) is 6.53. The molecule has 0 aliphatic carbocycles. The Morgan fingerprint density at radius 2 is 1.96 bits per heavy atom. The molecule has 1 aromatic rings. The zero-order valence-corrected chi connectivity index (χ0v) is 16.4. The van der Waals surface area contributed by atoms with E-state index in [4.69, 9.17) is 9.84 Å². The first-order valence-electron chi connectivity index (χ1n) is 8.67. The van der Waals surface area contributed by atoms with Crippen molar-refractivity contribution < 1.29 is 19.4 Å². The molecule has 1 amide bonds. The molecule has 0 bridgehead atoms. The zero-order chi connectivity index (χ0) is 18.5. The van der Waals surface area contributed by atoms with E-state index >= 15 is 0 Å². The first-order chi connectivity index (χ1) is 12.5. The van der Waals surface area contributed by atoms with Crippen LogP contribution < -0.4 is 0 Å². The van der Waals surface area contributed by atoms with Crippen molar-refractivity contribution in [2.24, 2.45) is 0 Å². The largest absolute Gasteiger partial charge is 0.480 e. The van der Waals surface area contributed by atoms with Crippen LogP contribution in [0.15, 0.2) is 24.3 Å². The number of ether oxygens (including phenoxy) is 1. The summed E-state index contributed by atoms with van der Waals surface area (Å²) in [5.74, 6) is 1.51. The van der Waals surface area contributed by atoms with Crippen molar-refractivity contribution >= 4 is 35.4 Å². The summed E-state index contributed by atoms with van der Waals surface area (Å²) in [4.78, 5) is 27.1. The van der Waals surface area contributed by atoms with E-state index in [0.29, 0.717) is 36.4 Å². The Bertz CT molecular complexity index is 635. The SMILES string of the molecule is CN(CC(=O)O)CC1CN(C(=O)c2ccc(C3SCCS3)cc2)CCO1. The van der Waals surface area contributed by atoms with Crippen LogP contribution >= 0.6 is 23.5 Å². The Kier molecular flexibility index (Phi) is 6.86. The summed E-state index contributed by atoms with van der Waals surface area (Å²) < 4.78 is 6.18. The van der Waals surface area contributed by atoms with Crippen LogP contribution in [-0.2, 0) is 9.53 Å². The molecule has 2 aliphatic rings. The summed E-state index contributed by atoms with van der Waals surface area (Å²) in [6.07, 6.45) is -0.164. The number of rotatable bonds is 6. The Morgan fingerprint density at radius 1 is 1.27 bits per heavy atom. The van der Waals surface area contributed by atoms with Gasteiger partial charge in [0.15, 0.2) is 0 Å². The average molecular weight is 397 g/mol. The normalized spacial score (nSPS) is 21.3. The number of benzene rings is 1. The molecule has 2 aliphatic heterocycles. The van der Waals surface area contributed by atoms with Crippen LogP contribution in [0.25, 0.3) is 0 Å². The van der Waals surface area contributed by atoms with Crippen molar-refractivity contribution in [3.63, 3.8) is 0 Å². The van der Waals surface area contributed by atoms with Gasteiger partial charge in [-0.2, -0.15) is 0 Å². The van der Waals surface area contributed by atoms with Gasteiger partial charge in [0.25, 0.3) is 5.91 Å².